The lowest BCUT2D eigenvalue weighted by Crippen LogP contribution is -2.38. The van der Waals surface area contributed by atoms with E-state index in [-0.39, 0.29) is 11.8 Å². The van der Waals surface area contributed by atoms with Crippen molar-refractivity contribution in [3.8, 4) is 0 Å². The fourth-order valence-corrected chi connectivity index (χ4v) is 1.50. The van der Waals surface area contributed by atoms with Crippen molar-refractivity contribution in [1.29, 1.82) is 0 Å². The van der Waals surface area contributed by atoms with Gasteiger partial charge in [-0.05, 0) is 18.4 Å². The van der Waals surface area contributed by atoms with Crippen LogP contribution in [0.4, 0.5) is 0 Å². The number of rotatable bonds is 6. The summed E-state index contributed by atoms with van der Waals surface area (Å²) in [5.74, 6) is 0.365. The third kappa shape index (κ3) is 4.87. The monoisotopic (exact) mass is 253 g/mol. The predicted octanol–water partition coefficient (Wildman–Crippen LogP) is 0.185. The number of nitrogens with one attached hydrogen (secondary N) is 3. The molecule has 0 bridgehead atoms. The van der Waals surface area contributed by atoms with Crippen molar-refractivity contribution in [2.24, 2.45) is 5.92 Å². The summed E-state index contributed by atoms with van der Waals surface area (Å²) in [6.45, 7) is 8.59. The highest BCUT2D eigenvalue weighted by Crippen LogP contribution is 2.08. The number of carbonyl (C=O) groups is 2. The molecular weight excluding hydrogens is 230 g/mol. The molecule has 5 nitrogen and oxygen atoms in total. The van der Waals surface area contributed by atoms with Crippen LogP contribution in [0.2, 0.25) is 0 Å². The molecule has 1 fully saturated rings. The zero-order valence-electron chi connectivity index (χ0n) is 11.4. The maximum Gasteiger partial charge on any atom is 0.246 e. The molecule has 2 amide bonds. The molecule has 0 aromatic heterocycles. The van der Waals surface area contributed by atoms with Crippen LogP contribution >= 0.6 is 0 Å². The van der Waals surface area contributed by atoms with Gasteiger partial charge < -0.3 is 16.0 Å². The van der Waals surface area contributed by atoms with Gasteiger partial charge in [-0.15, -0.1) is 0 Å². The summed E-state index contributed by atoms with van der Waals surface area (Å²) < 4.78 is 0. The average molecular weight is 253 g/mol. The van der Waals surface area contributed by atoms with E-state index in [1.54, 1.807) is 0 Å². The van der Waals surface area contributed by atoms with E-state index >= 15 is 0 Å². The van der Waals surface area contributed by atoms with Crippen molar-refractivity contribution in [2.45, 2.75) is 27.2 Å². The summed E-state index contributed by atoms with van der Waals surface area (Å²) in [4.78, 5) is 23.1. The first-order valence-corrected chi connectivity index (χ1v) is 6.45. The summed E-state index contributed by atoms with van der Waals surface area (Å²) in [6, 6.07) is 0. The molecule has 1 aliphatic rings. The standard InChI is InChI=1S/C13H23N3O2/c1-9(2)6-16-12(17)4-5-15-13(18)10(3)11-7-14-8-11/h9,14H,4-8H2,1-3H3,(H,15,18)(H,16,17). The molecule has 0 aliphatic carbocycles. The van der Waals surface area contributed by atoms with Gasteiger partial charge in [0.15, 0.2) is 0 Å². The van der Waals surface area contributed by atoms with Gasteiger partial charge in [-0.1, -0.05) is 13.8 Å². The molecule has 1 saturated heterocycles. The van der Waals surface area contributed by atoms with Crippen molar-refractivity contribution in [2.75, 3.05) is 26.2 Å². The molecule has 18 heavy (non-hydrogen) atoms. The Balaban J connectivity index is 2.17. The zero-order valence-corrected chi connectivity index (χ0v) is 11.4. The quantitative estimate of drug-likeness (QED) is 0.592. The van der Waals surface area contributed by atoms with Crippen LogP contribution < -0.4 is 16.0 Å². The van der Waals surface area contributed by atoms with Crippen LogP contribution in [-0.2, 0) is 9.59 Å². The van der Waals surface area contributed by atoms with E-state index in [0.717, 1.165) is 24.2 Å². The Labute approximate surface area is 108 Å². The molecule has 1 heterocycles. The number of amides is 2. The minimum absolute atomic E-state index is 0.0142. The van der Waals surface area contributed by atoms with Crippen LogP contribution in [0.15, 0.2) is 11.1 Å². The van der Waals surface area contributed by atoms with Crippen molar-refractivity contribution in [3.05, 3.63) is 11.1 Å². The Morgan fingerprint density at radius 3 is 2.44 bits per heavy atom. The van der Waals surface area contributed by atoms with Gasteiger partial charge in [0.2, 0.25) is 11.8 Å². The van der Waals surface area contributed by atoms with Gasteiger partial charge in [-0.3, -0.25) is 9.59 Å². The topological polar surface area (TPSA) is 70.2 Å². The van der Waals surface area contributed by atoms with E-state index in [1.165, 1.54) is 0 Å². The largest absolute Gasteiger partial charge is 0.356 e. The van der Waals surface area contributed by atoms with E-state index in [0.29, 0.717) is 25.4 Å². The molecule has 0 aromatic carbocycles. The van der Waals surface area contributed by atoms with Crippen molar-refractivity contribution in [3.63, 3.8) is 0 Å². The Hall–Kier alpha value is -1.36. The van der Waals surface area contributed by atoms with Crippen molar-refractivity contribution in [1.82, 2.24) is 16.0 Å². The van der Waals surface area contributed by atoms with Crippen LogP contribution in [0.1, 0.15) is 27.2 Å². The lowest BCUT2D eigenvalue weighted by Gasteiger charge is -2.21. The maximum atomic E-state index is 11.7. The molecule has 0 atom stereocenters. The maximum absolute atomic E-state index is 11.7. The molecule has 0 radical (unpaired) electrons. The highest BCUT2D eigenvalue weighted by atomic mass is 16.2. The smallest absolute Gasteiger partial charge is 0.246 e. The van der Waals surface area contributed by atoms with Gasteiger partial charge in [0.05, 0.1) is 0 Å². The summed E-state index contributed by atoms with van der Waals surface area (Å²) >= 11 is 0. The minimum Gasteiger partial charge on any atom is -0.356 e. The molecule has 5 heteroatoms. The normalized spacial score (nSPS) is 14.1. The minimum atomic E-state index is -0.0665. The van der Waals surface area contributed by atoms with Crippen molar-refractivity contribution >= 4 is 11.8 Å². The zero-order chi connectivity index (χ0) is 13.5. The lowest BCUT2D eigenvalue weighted by atomic mass is 10.0. The third-order valence-electron chi connectivity index (χ3n) is 2.89. The summed E-state index contributed by atoms with van der Waals surface area (Å²) in [7, 11) is 0. The second-order valence-electron chi connectivity index (χ2n) is 5.04. The van der Waals surface area contributed by atoms with Gasteiger partial charge in [0.1, 0.15) is 0 Å². The summed E-state index contributed by atoms with van der Waals surface area (Å²) in [6.07, 6.45) is 0.333. The molecular formula is C13H23N3O2. The molecule has 1 aliphatic heterocycles. The van der Waals surface area contributed by atoms with Gasteiger partial charge in [0.25, 0.3) is 0 Å². The molecule has 1 rings (SSSR count). The van der Waals surface area contributed by atoms with E-state index in [9.17, 15) is 9.59 Å². The van der Waals surface area contributed by atoms with Crippen LogP contribution in [0, 0.1) is 5.92 Å². The highest BCUT2D eigenvalue weighted by molar-refractivity contribution is 5.94. The van der Waals surface area contributed by atoms with E-state index < -0.39 is 0 Å². The summed E-state index contributed by atoms with van der Waals surface area (Å²) in [5, 5.41) is 8.68. The molecule has 102 valence electrons. The van der Waals surface area contributed by atoms with Crippen molar-refractivity contribution < 1.29 is 9.59 Å². The van der Waals surface area contributed by atoms with Crippen LogP contribution in [-0.4, -0.2) is 38.0 Å². The van der Waals surface area contributed by atoms with Gasteiger partial charge >= 0.3 is 0 Å². The number of hydrogen-bond acceptors (Lipinski definition) is 3. The Morgan fingerprint density at radius 2 is 1.94 bits per heavy atom. The Kier molecular flexibility index (Phi) is 5.85. The second-order valence-corrected chi connectivity index (χ2v) is 5.04. The van der Waals surface area contributed by atoms with Gasteiger partial charge in [0, 0.05) is 38.2 Å². The van der Waals surface area contributed by atoms with E-state index in [4.69, 9.17) is 0 Å². The first-order valence-electron chi connectivity index (χ1n) is 6.45. The van der Waals surface area contributed by atoms with E-state index in [1.807, 2.05) is 20.8 Å². The first-order chi connectivity index (χ1) is 8.50. The molecule has 3 N–H and O–H groups in total. The van der Waals surface area contributed by atoms with Crippen LogP contribution in [0.25, 0.3) is 0 Å². The SMILES string of the molecule is CC(C(=O)NCCC(=O)NCC(C)C)=C1CNC1. The molecule has 0 spiro atoms. The Morgan fingerprint density at radius 1 is 1.28 bits per heavy atom. The predicted molar refractivity (Wildman–Crippen MR) is 71.0 cm³/mol. The summed E-state index contributed by atoms with van der Waals surface area (Å²) in [5.41, 5.74) is 1.92. The highest BCUT2D eigenvalue weighted by Gasteiger charge is 2.15. The van der Waals surface area contributed by atoms with E-state index in [2.05, 4.69) is 16.0 Å². The second kappa shape index (κ2) is 7.16. The molecule has 0 aromatic rings. The number of hydrogen-bond donors (Lipinski definition) is 3. The van der Waals surface area contributed by atoms with Gasteiger partial charge in [-0.25, -0.2) is 0 Å². The molecule has 0 unspecified atom stereocenters. The average Bonchev–Trinajstić information content (AvgIpc) is 2.23. The van der Waals surface area contributed by atoms with Gasteiger partial charge in [-0.2, -0.15) is 0 Å². The fraction of sp³-hybridized carbons (Fsp3) is 0.692. The Bertz CT molecular complexity index is 342. The van der Waals surface area contributed by atoms with Crippen LogP contribution in [0.5, 0.6) is 0 Å². The number of carbonyl (C=O) groups excluding carboxylic acids is 2. The fourth-order valence-electron chi connectivity index (χ4n) is 1.50. The van der Waals surface area contributed by atoms with Crippen LogP contribution in [0.3, 0.4) is 0 Å². The molecule has 0 saturated carbocycles. The lowest BCUT2D eigenvalue weighted by molar-refractivity contribution is -0.121. The third-order valence-corrected chi connectivity index (χ3v) is 2.89. The first kappa shape index (κ1) is 14.7.